The Kier molecular flexibility index (Phi) is 4.86. The van der Waals surface area contributed by atoms with Crippen LogP contribution in [0.3, 0.4) is 0 Å². The molecule has 3 rings (SSSR count). The Hall–Kier alpha value is -2.61. The highest BCUT2D eigenvalue weighted by Crippen LogP contribution is 2.27. The fourth-order valence-electron chi connectivity index (χ4n) is 2.53. The van der Waals surface area contributed by atoms with Crippen LogP contribution in [0.2, 0.25) is 0 Å². The molecular weight excluding hydrogens is 350 g/mol. The normalized spacial score (nSPS) is 12.3. The van der Waals surface area contributed by atoms with E-state index >= 15 is 0 Å². The fraction of sp³-hybridized carbons (Fsp3) is 0.333. The van der Waals surface area contributed by atoms with Crippen molar-refractivity contribution in [2.75, 3.05) is 17.3 Å². The Morgan fingerprint density at radius 3 is 2.42 bits per heavy atom. The number of rotatable bonds is 6. The largest absolute Gasteiger partial charge is 0.365 e. The van der Waals surface area contributed by atoms with Crippen molar-refractivity contribution in [2.24, 2.45) is 0 Å². The fourth-order valence-corrected chi connectivity index (χ4v) is 3.41. The lowest BCUT2D eigenvalue weighted by atomic mass is 10.0. The molecule has 0 radical (unpaired) electrons. The number of nitrogens with zero attached hydrogens (tertiary/aromatic N) is 4. The van der Waals surface area contributed by atoms with E-state index in [0.29, 0.717) is 18.1 Å². The second-order valence-corrected chi connectivity index (χ2v) is 9.17. The van der Waals surface area contributed by atoms with Crippen LogP contribution in [-0.4, -0.2) is 45.9 Å². The van der Waals surface area contributed by atoms with Gasteiger partial charge in [-0.2, -0.15) is 0 Å². The number of nitrogens with one attached hydrogen (secondary N) is 1. The van der Waals surface area contributed by atoms with Gasteiger partial charge >= 0.3 is 0 Å². The Bertz CT molecular complexity index is 1020. The molecule has 0 saturated carbocycles. The van der Waals surface area contributed by atoms with Crippen LogP contribution in [-0.2, 0) is 9.84 Å². The van der Waals surface area contributed by atoms with Crippen LogP contribution < -0.4 is 5.32 Å². The second kappa shape index (κ2) is 6.95. The van der Waals surface area contributed by atoms with Gasteiger partial charge in [-0.25, -0.2) is 18.4 Å². The van der Waals surface area contributed by atoms with Gasteiger partial charge in [-0.1, -0.05) is 0 Å². The molecule has 0 saturated heterocycles. The standard InChI is InChI=1S/C18H21N5O2S/c1-18(2,7-11-26(3,24)25)23-17-14-6-10-20-12-15(14)21-16(22-17)13-4-8-19-9-5-13/h4-6,8-10,12H,7,11H2,1-3H3,(H,21,22,23). The van der Waals surface area contributed by atoms with Crippen LogP contribution in [0.25, 0.3) is 22.3 Å². The lowest BCUT2D eigenvalue weighted by molar-refractivity contribution is 0.534. The van der Waals surface area contributed by atoms with E-state index in [0.717, 1.165) is 16.5 Å². The van der Waals surface area contributed by atoms with Gasteiger partial charge in [-0.3, -0.25) is 9.97 Å². The predicted molar refractivity (Wildman–Crippen MR) is 103 cm³/mol. The van der Waals surface area contributed by atoms with E-state index in [1.165, 1.54) is 6.26 Å². The number of anilines is 1. The maximum absolute atomic E-state index is 11.5. The summed E-state index contributed by atoms with van der Waals surface area (Å²) in [7, 11) is -3.03. The molecule has 136 valence electrons. The molecule has 0 aliphatic heterocycles. The van der Waals surface area contributed by atoms with Crippen LogP contribution in [0, 0.1) is 0 Å². The molecule has 0 aliphatic carbocycles. The molecule has 0 atom stereocenters. The van der Waals surface area contributed by atoms with Crippen LogP contribution >= 0.6 is 0 Å². The van der Waals surface area contributed by atoms with Crippen molar-refractivity contribution in [1.82, 2.24) is 19.9 Å². The van der Waals surface area contributed by atoms with E-state index in [-0.39, 0.29) is 5.75 Å². The van der Waals surface area contributed by atoms with Crippen molar-refractivity contribution in [2.45, 2.75) is 25.8 Å². The van der Waals surface area contributed by atoms with E-state index in [9.17, 15) is 8.42 Å². The lowest BCUT2D eigenvalue weighted by Gasteiger charge is -2.27. The summed E-state index contributed by atoms with van der Waals surface area (Å²) in [5.41, 5.74) is 1.11. The van der Waals surface area contributed by atoms with Crippen molar-refractivity contribution in [3.05, 3.63) is 43.0 Å². The monoisotopic (exact) mass is 371 g/mol. The molecule has 0 spiro atoms. The Labute approximate surface area is 152 Å². The zero-order chi connectivity index (χ0) is 18.8. The maximum atomic E-state index is 11.5. The SMILES string of the molecule is CC(C)(CCS(C)(=O)=O)Nc1nc(-c2ccncc2)nc2cnccc12. The van der Waals surface area contributed by atoms with Gasteiger partial charge in [0, 0.05) is 41.3 Å². The summed E-state index contributed by atoms with van der Waals surface area (Å²) < 4.78 is 23.0. The van der Waals surface area contributed by atoms with Crippen LogP contribution in [0.5, 0.6) is 0 Å². The molecule has 0 aromatic carbocycles. The topological polar surface area (TPSA) is 97.7 Å². The molecule has 7 nitrogen and oxygen atoms in total. The summed E-state index contributed by atoms with van der Waals surface area (Å²) in [5.74, 6) is 1.33. The highest BCUT2D eigenvalue weighted by atomic mass is 32.2. The Balaban J connectivity index is 2.01. The molecule has 3 heterocycles. The summed E-state index contributed by atoms with van der Waals surface area (Å²) in [4.78, 5) is 17.4. The van der Waals surface area contributed by atoms with Gasteiger partial charge in [0.2, 0.25) is 0 Å². The maximum Gasteiger partial charge on any atom is 0.162 e. The summed E-state index contributed by atoms with van der Waals surface area (Å²) >= 11 is 0. The average molecular weight is 371 g/mol. The molecule has 0 aliphatic rings. The molecule has 26 heavy (non-hydrogen) atoms. The first kappa shape index (κ1) is 18.2. The van der Waals surface area contributed by atoms with Crippen molar-refractivity contribution in [3.8, 4) is 11.4 Å². The number of pyridine rings is 2. The lowest BCUT2D eigenvalue weighted by Crippen LogP contribution is -2.33. The highest BCUT2D eigenvalue weighted by Gasteiger charge is 2.22. The third-order valence-corrected chi connectivity index (χ3v) is 4.94. The number of aromatic nitrogens is 4. The van der Waals surface area contributed by atoms with Crippen molar-refractivity contribution >= 4 is 26.6 Å². The van der Waals surface area contributed by atoms with Gasteiger partial charge in [-0.05, 0) is 38.5 Å². The quantitative estimate of drug-likeness (QED) is 0.711. The number of hydrogen-bond acceptors (Lipinski definition) is 7. The molecule has 3 aromatic rings. The third-order valence-electron chi connectivity index (χ3n) is 3.99. The van der Waals surface area contributed by atoms with E-state index in [1.54, 1.807) is 24.8 Å². The second-order valence-electron chi connectivity index (χ2n) is 6.91. The van der Waals surface area contributed by atoms with Gasteiger partial charge in [0.1, 0.15) is 15.7 Å². The van der Waals surface area contributed by atoms with Gasteiger partial charge in [0.05, 0.1) is 17.5 Å². The Morgan fingerprint density at radius 1 is 1.04 bits per heavy atom. The van der Waals surface area contributed by atoms with Gasteiger partial charge in [0.25, 0.3) is 0 Å². The van der Waals surface area contributed by atoms with Crippen LogP contribution in [0.4, 0.5) is 5.82 Å². The molecule has 3 aromatic heterocycles. The van der Waals surface area contributed by atoms with Crippen molar-refractivity contribution < 1.29 is 8.42 Å². The third kappa shape index (κ3) is 4.51. The van der Waals surface area contributed by atoms with Crippen LogP contribution in [0.1, 0.15) is 20.3 Å². The molecule has 1 N–H and O–H groups in total. The average Bonchev–Trinajstić information content (AvgIpc) is 2.60. The van der Waals surface area contributed by atoms with Crippen LogP contribution in [0.15, 0.2) is 43.0 Å². The zero-order valence-electron chi connectivity index (χ0n) is 15.0. The highest BCUT2D eigenvalue weighted by molar-refractivity contribution is 7.90. The number of sulfone groups is 1. The number of hydrogen-bond donors (Lipinski definition) is 1. The van der Waals surface area contributed by atoms with Crippen molar-refractivity contribution in [1.29, 1.82) is 0 Å². The summed E-state index contributed by atoms with van der Waals surface area (Å²) in [6.45, 7) is 3.92. The Morgan fingerprint density at radius 2 is 1.73 bits per heavy atom. The summed E-state index contributed by atoms with van der Waals surface area (Å²) in [6.07, 6.45) is 8.47. The molecule has 0 bridgehead atoms. The minimum Gasteiger partial charge on any atom is -0.365 e. The van der Waals surface area contributed by atoms with Gasteiger partial charge < -0.3 is 5.32 Å². The first-order valence-corrected chi connectivity index (χ1v) is 10.3. The van der Waals surface area contributed by atoms with E-state index in [2.05, 4.69) is 25.3 Å². The minimum absolute atomic E-state index is 0.106. The molecular formula is C18H21N5O2S. The van der Waals surface area contributed by atoms with E-state index < -0.39 is 15.4 Å². The number of fused-ring (bicyclic) bond motifs is 1. The van der Waals surface area contributed by atoms with Gasteiger partial charge in [-0.15, -0.1) is 0 Å². The molecule has 0 amide bonds. The smallest absolute Gasteiger partial charge is 0.162 e. The molecule has 0 fully saturated rings. The predicted octanol–water partition coefficient (Wildman–Crippen LogP) is 2.71. The summed E-state index contributed by atoms with van der Waals surface area (Å²) in [5, 5.41) is 4.22. The first-order valence-electron chi connectivity index (χ1n) is 8.22. The first-order chi connectivity index (χ1) is 12.2. The minimum atomic E-state index is -3.03. The van der Waals surface area contributed by atoms with E-state index in [4.69, 9.17) is 0 Å². The van der Waals surface area contributed by atoms with Gasteiger partial charge in [0.15, 0.2) is 5.82 Å². The van der Waals surface area contributed by atoms with Crippen molar-refractivity contribution in [3.63, 3.8) is 0 Å². The van der Waals surface area contributed by atoms with E-state index in [1.807, 2.05) is 32.0 Å². The zero-order valence-corrected chi connectivity index (χ0v) is 15.8. The summed E-state index contributed by atoms with van der Waals surface area (Å²) in [6, 6.07) is 5.53. The molecule has 0 unspecified atom stereocenters. The molecule has 8 heteroatoms.